The van der Waals surface area contributed by atoms with Gasteiger partial charge in [0.05, 0.1) is 0 Å². The Bertz CT molecular complexity index is 388. The topological polar surface area (TPSA) is 52.6 Å². The van der Waals surface area contributed by atoms with Crippen molar-refractivity contribution in [2.45, 2.75) is 25.3 Å². The van der Waals surface area contributed by atoms with Crippen LogP contribution in [0.1, 0.15) is 19.3 Å². The number of urea groups is 1. The number of nitrogens with zero attached hydrogens (tertiary/aromatic N) is 1. The van der Waals surface area contributed by atoms with E-state index in [0.29, 0.717) is 11.7 Å². The summed E-state index contributed by atoms with van der Waals surface area (Å²) in [5.41, 5.74) is 0.692. The summed E-state index contributed by atoms with van der Waals surface area (Å²) >= 11 is 0. The zero-order valence-corrected chi connectivity index (χ0v) is 9.31. The minimum absolute atomic E-state index is 0.115. The van der Waals surface area contributed by atoms with Gasteiger partial charge < -0.3 is 10.4 Å². The normalized spacial score (nSPS) is 15.3. The quantitative estimate of drug-likeness (QED) is 0.801. The Morgan fingerprint density at radius 1 is 1.50 bits per heavy atom. The summed E-state index contributed by atoms with van der Waals surface area (Å²) in [6, 6.07) is 6.88. The SMILES string of the molecule is CN(C(=O)NC1CCC1)c1cccc(O)c1. The fourth-order valence-electron chi connectivity index (χ4n) is 1.64. The van der Waals surface area contributed by atoms with Crippen molar-refractivity contribution in [2.75, 3.05) is 11.9 Å². The van der Waals surface area contributed by atoms with Gasteiger partial charge in [-0.25, -0.2) is 4.79 Å². The van der Waals surface area contributed by atoms with Crippen LogP contribution in [0.4, 0.5) is 10.5 Å². The maximum Gasteiger partial charge on any atom is 0.321 e. The van der Waals surface area contributed by atoms with Gasteiger partial charge >= 0.3 is 6.03 Å². The average molecular weight is 220 g/mol. The first kappa shape index (κ1) is 10.8. The zero-order chi connectivity index (χ0) is 11.5. The number of phenols is 1. The number of aromatic hydroxyl groups is 1. The van der Waals surface area contributed by atoms with Crippen LogP contribution >= 0.6 is 0 Å². The summed E-state index contributed by atoms with van der Waals surface area (Å²) in [6.07, 6.45) is 3.33. The van der Waals surface area contributed by atoms with Gasteiger partial charge in [-0.1, -0.05) is 6.07 Å². The number of carbonyl (C=O) groups is 1. The van der Waals surface area contributed by atoms with Crippen LogP contribution in [0.3, 0.4) is 0 Å². The van der Waals surface area contributed by atoms with Gasteiger partial charge in [-0.3, -0.25) is 4.90 Å². The van der Waals surface area contributed by atoms with E-state index < -0.39 is 0 Å². The van der Waals surface area contributed by atoms with Crippen molar-refractivity contribution >= 4 is 11.7 Å². The van der Waals surface area contributed by atoms with Crippen LogP contribution in [0.15, 0.2) is 24.3 Å². The molecule has 0 radical (unpaired) electrons. The van der Waals surface area contributed by atoms with Crippen molar-refractivity contribution in [2.24, 2.45) is 0 Å². The first-order chi connectivity index (χ1) is 7.66. The molecule has 0 spiro atoms. The Balaban J connectivity index is 2.00. The first-order valence-corrected chi connectivity index (χ1v) is 5.50. The second-order valence-electron chi connectivity index (χ2n) is 4.16. The largest absolute Gasteiger partial charge is 0.508 e. The number of carbonyl (C=O) groups excluding carboxylic acids is 1. The molecule has 1 aromatic rings. The monoisotopic (exact) mass is 220 g/mol. The summed E-state index contributed by atoms with van der Waals surface area (Å²) in [5.74, 6) is 0.167. The van der Waals surface area contributed by atoms with Crippen LogP contribution in [0.2, 0.25) is 0 Å². The maximum atomic E-state index is 11.8. The first-order valence-electron chi connectivity index (χ1n) is 5.50. The van der Waals surface area contributed by atoms with E-state index in [0.717, 1.165) is 12.8 Å². The van der Waals surface area contributed by atoms with Gasteiger partial charge in [0.15, 0.2) is 0 Å². The molecule has 0 atom stereocenters. The molecule has 1 fully saturated rings. The second-order valence-corrected chi connectivity index (χ2v) is 4.16. The third-order valence-corrected chi connectivity index (χ3v) is 2.95. The molecule has 1 saturated carbocycles. The lowest BCUT2D eigenvalue weighted by Crippen LogP contribution is -2.46. The highest BCUT2D eigenvalue weighted by molar-refractivity contribution is 5.91. The van der Waals surface area contributed by atoms with E-state index in [9.17, 15) is 9.90 Å². The Morgan fingerprint density at radius 2 is 2.25 bits per heavy atom. The van der Waals surface area contributed by atoms with Crippen molar-refractivity contribution in [1.29, 1.82) is 0 Å². The lowest BCUT2D eigenvalue weighted by atomic mass is 9.93. The number of benzene rings is 1. The zero-order valence-electron chi connectivity index (χ0n) is 9.31. The van der Waals surface area contributed by atoms with Gasteiger partial charge in [-0.15, -0.1) is 0 Å². The Labute approximate surface area is 94.9 Å². The summed E-state index contributed by atoms with van der Waals surface area (Å²) in [7, 11) is 1.70. The van der Waals surface area contributed by atoms with Crippen molar-refractivity contribution < 1.29 is 9.90 Å². The average Bonchev–Trinajstić information content (AvgIpc) is 2.22. The number of amides is 2. The summed E-state index contributed by atoms with van der Waals surface area (Å²) < 4.78 is 0. The number of hydrogen-bond donors (Lipinski definition) is 2. The summed E-state index contributed by atoms with van der Waals surface area (Å²) in [6.45, 7) is 0. The molecule has 4 heteroatoms. The molecule has 2 amide bonds. The minimum atomic E-state index is -0.115. The fourth-order valence-corrected chi connectivity index (χ4v) is 1.64. The van der Waals surface area contributed by atoms with Crippen LogP contribution in [0.25, 0.3) is 0 Å². The standard InChI is InChI=1S/C12H16N2O2/c1-14(10-6-3-7-11(15)8-10)12(16)13-9-4-2-5-9/h3,6-9,15H,2,4-5H2,1H3,(H,13,16). The molecule has 1 aromatic carbocycles. The van der Waals surface area contributed by atoms with Gasteiger partial charge in [0.25, 0.3) is 0 Å². The molecule has 0 unspecified atom stereocenters. The van der Waals surface area contributed by atoms with Crippen LogP contribution in [-0.4, -0.2) is 24.2 Å². The number of anilines is 1. The lowest BCUT2D eigenvalue weighted by Gasteiger charge is -2.29. The minimum Gasteiger partial charge on any atom is -0.508 e. The molecule has 86 valence electrons. The molecule has 16 heavy (non-hydrogen) atoms. The van der Waals surface area contributed by atoms with E-state index in [1.807, 2.05) is 0 Å². The highest BCUT2D eigenvalue weighted by atomic mass is 16.3. The highest BCUT2D eigenvalue weighted by Gasteiger charge is 2.21. The van der Waals surface area contributed by atoms with Gasteiger partial charge in [-0.05, 0) is 31.4 Å². The fraction of sp³-hybridized carbons (Fsp3) is 0.417. The molecule has 4 nitrogen and oxygen atoms in total. The lowest BCUT2D eigenvalue weighted by molar-refractivity contribution is 0.235. The molecular weight excluding hydrogens is 204 g/mol. The predicted molar refractivity (Wildman–Crippen MR) is 62.7 cm³/mol. The van der Waals surface area contributed by atoms with E-state index in [2.05, 4.69) is 5.32 Å². The van der Waals surface area contributed by atoms with Crippen LogP contribution in [0.5, 0.6) is 5.75 Å². The van der Waals surface area contributed by atoms with Gasteiger partial charge in [-0.2, -0.15) is 0 Å². The Kier molecular flexibility index (Phi) is 2.99. The Hall–Kier alpha value is -1.71. The molecule has 0 heterocycles. The van der Waals surface area contributed by atoms with E-state index in [-0.39, 0.29) is 11.8 Å². The molecule has 0 aromatic heterocycles. The molecule has 2 N–H and O–H groups in total. The number of rotatable bonds is 2. The molecule has 1 aliphatic rings. The van der Waals surface area contributed by atoms with Gasteiger partial charge in [0.1, 0.15) is 5.75 Å². The molecule has 0 saturated heterocycles. The number of nitrogens with one attached hydrogen (secondary N) is 1. The van der Waals surface area contributed by atoms with E-state index in [1.165, 1.54) is 11.3 Å². The van der Waals surface area contributed by atoms with E-state index >= 15 is 0 Å². The Morgan fingerprint density at radius 3 is 2.81 bits per heavy atom. The highest BCUT2D eigenvalue weighted by Crippen LogP contribution is 2.21. The van der Waals surface area contributed by atoms with Crippen LogP contribution in [0, 0.1) is 0 Å². The summed E-state index contributed by atoms with van der Waals surface area (Å²) in [4.78, 5) is 13.3. The molecule has 0 bridgehead atoms. The second kappa shape index (κ2) is 4.43. The maximum absolute atomic E-state index is 11.8. The summed E-state index contributed by atoms with van der Waals surface area (Å²) in [5, 5.41) is 12.3. The van der Waals surface area contributed by atoms with Crippen molar-refractivity contribution in [3.05, 3.63) is 24.3 Å². The molecule has 1 aliphatic carbocycles. The van der Waals surface area contributed by atoms with Crippen molar-refractivity contribution in [3.63, 3.8) is 0 Å². The number of hydrogen-bond acceptors (Lipinski definition) is 2. The molecular formula is C12H16N2O2. The van der Waals surface area contributed by atoms with Crippen molar-refractivity contribution in [3.8, 4) is 5.75 Å². The molecule has 0 aliphatic heterocycles. The number of phenolic OH excluding ortho intramolecular Hbond substituents is 1. The third kappa shape index (κ3) is 2.27. The van der Waals surface area contributed by atoms with Gasteiger partial charge in [0, 0.05) is 24.8 Å². The predicted octanol–water partition coefficient (Wildman–Crippen LogP) is 2.09. The van der Waals surface area contributed by atoms with Crippen LogP contribution < -0.4 is 10.2 Å². The van der Waals surface area contributed by atoms with Crippen LogP contribution in [-0.2, 0) is 0 Å². The third-order valence-electron chi connectivity index (χ3n) is 2.95. The molecule has 2 rings (SSSR count). The smallest absolute Gasteiger partial charge is 0.321 e. The van der Waals surface area contributed by atoms with Crippen molar-refractivity contribution in [1.82, 2.24) is 5.32 Å². The van der Waals surface area contributed by atoms with Gasteiger partial charge in [0.2, 0.25) is 0 Å². The van der Waals surface area contributed by atoms with E-state index in [1.54, 1.807) is 31.3 Å². The van der Waals surface area contributed by atoms with E-state index in [4.69, 9.17) is 0 Å².